The maximum absolute atomic E-state index is 12.4. The van der Waals surface area contributed by atoms with E-state index in [-0.39, 0.29) is 6.61 Å². The number of rotatable bonds is 2. The lowest BCUT2D eigenvalue weighted by molar-refractivity contribution is -0.149. The highest BCUT2D eigenvalue weighted by molar-refractivity contribution is 6.02. The van der Waals surface area contributed by atoms with Crippen LogP contribution in [-0.4, -0.2) is 30.1 Å². The number of nitrogens with one attached hydrogen (secondary N) is 1. The summed E-state index contributed by atoms with van der Waals surface area (Å²) in [5.41, 5.74) is -2.82. The summed E-state index contributed by atoms with van der Waals surface area (Å²) in [5, 5.41) is 2.44. The van der Waals surface area contributed by atoms with E-state index in [0.29, 0.717) is 0 Å². The van der Waals surface area contributed by atoms with E-state index < -0.39 is 23.5 Å². The van der Waals surface area contributed by atoms with Crippen LogP contribution in [0.2, 0.25) is 0 Å². The lowest BCUT2D eigenvalue weighted by atomic mass is 10.1. The number of halogens is 3. The van der Waals surface area contributed by atoms with Crippen molar-refractivity contribution in [1.82, 2.24) is 5.32 Å². The third-order valence-corrected chi connectivity index (χ3v) is 1.91. The van der Waals surface area contributed by atoms with Crippen LogP contribution in [0.25, 0.3) is 0 Å². The number of allylic oxidation sites excluding steroid dienone is 1. The second kappa shape index (κ2) is 4.15. The third-order valence-electron chi connectivity index (χ3n) is 1.91. The van der Waals surface area contributed by atoms with Gasteiger partial charge in [-0.1, -0.05) is 0 Å². The molecule has 1 rings (SSSR count). The minimum atomic E-state index is -4.58. The summed E-state index contributed by atoms with van der Waals surface area (Å²) in [5.74, 6) is -0.846. The standard InChI is InChI=1S/C9H11F3N2O2/c1-3-16-7(15)8(2)13-5-4-6(14-8)9(10,11)12/h4-5,13H,3H2,1-2H3. The summed E-state index contributed by atoms with van der Waals surface area (Å²) in [4.78, 5) is 14.7. The molecule has 0 bridgehead atoms. The molecule has 90 valence electrons. The van der Waals surface area contributed by atoms with Crippen molar-refractivity contribution >= 4 is 11.7 Å². The molecule has 4 nitrogen and oxygen atoms in total. The number of carbonyl (C=O) groups is 1. The molecule has 1 atom stereocenters. The van der Waals surface area contributed by atoms with Crippen molar-refractivity contribution < 1.29 is 22.7 Å². The van der Waals surface area contributed by atoms with E-state index in [4.69, 9.17) is 0 Å². The maximum atomic E-state index is 12.4. The Morgan fingerprint density at radius 3 is 2.75 bits per heavy atom. The van der Waals surface area contributed by atoms with Gasteiger partial charge in [0.05, 0.1) is 6.61 Å². The van der Waals surface area contributed by atoms with Crippen LogP contribution >= 0.6 is 0 Å². The highest BCUT2D eigenvalue weighted by Gasteiger charge is 2.42. The lowest BCUT2D eigenvalue weighted by Gasteiger charge is -2.27. The second-order valence-electron chi connectivity index (χ2n) is 3.27. The highest BCUT2D eigenvalue weighted by atomic mass is 19.4. The summed E-state index contributed by atoms with van der Waals surface area (Å²) in [6, 6.07) is 0. The summed E-state index contributed by atoms with van der Waals surface area (Å²) < 4.78 is 41.8. The Labute approximate surface area is 90.2 Å². The maximum Gasteiger partial charge on any atom is 0.433 e. The number of hydrogen-bond acceptors (Lipinski definition) is 4. The Kier molecular flexibility index (Phi) is 3.25. The molecule has 0 saturated carbocycles. The molecule has 1 unspecified atom stereocenters. The van der Waals surface area contributed by atoms with Crippen molar-refractivity contribution in [3.63, 3.8) is 0 Å². The van der Waals surface area contributed by atoms with Gasteiger partial charge in [0.25, 0.3) is 0 Å². The second-order valence-corrected chi connectivity index (χ2v) is 3.27. The van der Waals surface area contributed by atoms with Gasteiger partial charge in [-0.2, -0.15) is 13.2 Å². The van der Waals surface area contributed by atoms with Gasteiger partial charge in [0, 0.05) is 6.20 Å². The Morgan fingerprint density at radius 1 is 1.62 bits per heavy atom. The normalized spacial score (nSPS) is 24.7. The predicted octanol–water partition coefficient (Wildman–Crippen LogP) is 1.39. The average Bonchev–Trinajstić information content (AvgIpc) is 2.17. The van der Waals surface area contributed by atoms with Crippen molar-refractivity contribution in [2.45, 2.75) is 25.7 Å². The Hall–Kier alpha value is -1.53. The average molecular weight is 236 g/mol. The van der Waals surface area contributed by atoms with Crippen molar-refractivity contribution in [2.75, 3.05) is 6.61 Å². The Morgan fingerprint density at radius 2 is 2.25 bits per heavy atom. The van der Waals surface area contributed by atoms with Gasteiger partial charge in [0.15, 0.2) is 0 Å². The van der Waals surface area contributed by atoms with Crippen LogP contribution in [0.1, 0.15) is 13.8 Å². The topological polar surface area (TPSA) is 50.7 Å². The van der Waals surface area contributed by atoms with Crippen LogP contribution < -0.4 is 5.32 Å². The zero-order chi connectivity index (χ0) is 12.4. The molecule has 0 spiro atoms. The van der Waals surface area contributed by atoms with Crippen molar-refractivity contribution in [1.29, 1.82) is 0 Å². The number of aliphatic imine (C=N–C) groups is 1. The first kappa shape index (κ1) is 12.5. The minimum Gasteiger partial charge on any atom is -0.463 e. The van der Waals surface area contributed by atoms with Gasteiger partial charge in [0.1, 0.15) is 5.71 Å². The van der Waals surface area contributed by atoms with Gasteiger partial charge >= 0.3 is 12.1 Å². The number of nitrogens with zero attached hydrogens (tertiary/aromatic N) is 1. The monoisotopic (exact) mass is 236 g/mol. The SMILES string of the molecule is CCOC(=O)C1(C)N=C(C(F)(F)F)C=CN1. The molecule has 0 aliphatic carbocycles. The van der Waals surface area contributed by atoms with E-state index >= 15 is 0 Å². The number of alkyl halides is 3. The summed E-state index contributed by atoms with van der Waals surface area (Å²) in [6.45, 7) is 2.87. The first-order valence-corrected chi connectivity index (χ1v) is 4.58. The zero-order valence-corrected chi connectivity index (χ0v) is 8.76. The minimum absolute atomic E-state index is 0.0800. The van der Waals surface area contributed by atoms with Gasteiger partial charge in [-0.15, -0.1) is 0 Å². The quantitative estimate of drug-likeness (QED) is 0.737. The molecule has 0 saturated heterocycles. The zero-order valence-electron chi connectivity index (χ0n) is 8.76. The van der Waals surface area contributed by atoms with E-state index in [1.165, 1.54) is 6.92 Å². The predicted molar refractivity (Wildman–Crippen MR) is 50.8 cm³/mol. The molecular weight excluding hydrogens is 225 g/mol. The number of esters is 1. The van der Waals surface area contributed by atoms with Crippen LogP contribution in [0.5, 0.6) is 0 Å². The fourth-order valence-corrected chi connectivity index (χ4v) is 1.13. The first-order chi connectivity index (χ1) is 7.29. The molecule has 0 amide bonds. The Balaban J connectivity index is 2.97. The van der Waals surface area contributed by atoms with Gasteiger partial charge in [-0.3, -0.25) is 0 Å². The molecule has 1 heterocycles. The molecule has 1 N–H and O–H groups in total. The molecule has 0 aromatic rings. The number of carbonyl (C=O) groups excluding carboxylic acids is 1. The van der Waals surface area contributed by atoms with E-state index in [1.54, 1.807) is 6.92 Å². The summed E-state index contributed by atoms with van der Waals surface area (Å²) in [6.07, 6.45) is -2.78. The third kappa shape index (κ3) is 2.53. The van der Waals surface area contributed by atoms with Crippen LogP contribution in [0, 0.1) is 0 Å². The van der Waals surface area contributed by atoms with Crippen molar-refractivity contribution in [3.8, 4) is 0 Å². The van der Waals surface area contributed by atoms with Gasteiger partial charge < -0.3 is 10.1 Å². The van der Waals surface area contributed by atoms with Crippen LogP contribution in [0.15, 0.2) is 17.3 Å². The van der Waals surface area contributed by atoms with Crippen LogP contribution in [-0.2, 0) is 9.53 Å². The summed E-state index contributed by atoms with van der Waals surface area (Å²) >= 11 is 0. The highest BCUT2D eigenvalue weighted by Crippen LogP contribution is 2.23. The van der Waals surface area contributed by atoms with Gasteiger partial charge in [0.2, 0.25) is 5.66 Å². The fraction of sp³-hybridized carbons (Fsp3) is 0.556. The molecule has 0 aromatic heterocycles. The van der Waals surface area contributed by atoms with Gasteiger partial charge in [-0.25, -0.2) is 9.79 Å². The molecule has 0 fully saturated rings. The van der Waals surface area contributed by atoms with Crippen molar-refractivity contribution in [3.05, 3.63) is 12.3 Å². The molecular formula is C9H11F3N2O2. The number of ether oxygens (including phenoxy) is 1. The first-order valence-electron chi connectivity index (χ1n) is 4.58. The van der Waals surface area contributed by atoms with Crippen LogP contribution in [0.3, 0.4) is 0 Å². The molecule has 7 heteroatoms. The molecule has 0 radical (unpaired) electrons. The largest absolute Gasteiger partial charge is 0.463 e. The van der Waals surface area contributed by atoms with E-state index in [2.05, 4.69) is 15.0 Å². The Bertz CT molecular complexity index is 349. The molecule has 1 aliphatic rings. The molecule has 1 aliphatic heterocycles. The van der Waals surface area contributed by atoms with E-state index in [1.807, 2.05) is 0 Å². The summed E-state index contributed by atoms with van der Waals surface area (Å²) in [7, 11) is 0. The molecule has 0 aromatic carbocycles. The lowest BCUT2D eigenvalue weighted by Crippen LogP contribution is -2.50. The van der Waals surface area contributed by atoms with Crippen molar-refractivity contribution in [2.24, 2.45) is 4.99 Å². The fourth-order valence-electron chi connectivity index (χ4n) is 1.13. The van der Waals surface area contributed by atoms with E-state index in [9.17, 15) is 18.0 Å². The van der Waals surface area contributed by atoms with Gasteiger partial charge in [-0.05, 0) is 19.9 Å². The van der Waals surface area contributed by atoms with E-state index in [0.717, 1.165) is 12.3 Å². The number of hydrogen-bond donors (Lipinski definition) is 1. The smallest absolute Gasteiger partial charge is 0.433 e. The molecule has 16 heavy (non-hydrogen) atoms. The van der Waals surface area contributed by atoms with Crippen LogP contribution in [0.4, 0.5) is 13.2 Å².